The van der Waals surface area contributed by atoms with Crippen LogP contribution in [0.3, 0.4) is 0 Å². The second-order valence-electron chi connectivity index (χ2n) is 3.72. The molecule has 0 bridgehead atoms. The summed E-state index contributed by atoms with van der Waals surface area (Å²) < 4.78 is 21.4. The van der Waals surface area contributed by atoms with Gasteiger partial charge in [-0.1, -0.05) is 25.7 Å². The van der Waals surface area contributed by atoms with Gasteiger partial charge < -0.3 is 5.21 Å². The third-order valence-corrected chi connectivity index (χ3v) is 2.28. The molecule has 0 aliphatic carbocycles. The number of nitrogens with one attached hydrogen (secondary N) is 1. The fourth-order valence-corrected chi connectivity index (χ4v) is 1.46. The molecule has 0 spiro atoms. The lowest BCUT2D eigenvalue weighted by Crippen LogP contribution is -2.25. The van der Waals surface area contributed by atoms with E-state index in [4.69, 9.17) is 5.21 Å². The molecule has 4 nitrogen and oxygen atoms in total. The molecular formula is C6H15NO3S. The quantitative estimate of drug-likeness (QED) is 0.631. The molecule has 0 heterocycles. The van der Waals surface area contributed by atoms with Crippen molar-refractivity contribution in [2.75, 3.05) is 5.75 Å². The van der Waals surface area contributed by atoms with Gasteiger partial charge in [0.05, 0.1) is 5.75 Å². The molecule has 0 aliphatic heterocycles. The first kappa shape index (κ1) is 10.9. The van der Waals surface area contributed by atoms with Crippen molar-refractivity contribution in [2.45, 2.75) is 27.2 Å². The first-order valence-corrected chi connectivity index (χ1v) is 5.06. The molecule has 0 amide bonds. The Labute approximate surface area is 67.6 Å². The van der Waals surface area contributed by atoms with Gasteiger partial charge in [-0.3, -0.25) is 0 Å². The molecule has 0 aromatic rings. The van der Waals surface area contributed by atoms with Crippen LogP contribution in [0, 0.1) is 5.41 Å². The Morgan fingerprint density at radius 1 is 1.36 bits per heavy atom. The summed E-state index contributed by atoms with van der Waals surface area (Å²) in [5.74, 6) is -0.0347. The molecule has 0 aromatic carbocycles. The van der Waals surface area contributed by atoms with Gasteiger partial charge in [-0.05, 0) is 11.8 Å². The fraction of sp³-hybridized carbons (Fsp3) is 1.00. The zero-order chi connectivity index (χ0) is 9.12. The highest BCUT2D eigenvalue weighted by atomic mass is 32.2. The highest BCUT2D eigenvalue weighted by Gasteiger charge is 2.15. The van der Waals surface area contributed by atoms with Gasteiger partial charge in [0.1, 0.15) is 0 Å². The minimum atomic E-state index is -3.45. The zero-order valence-electron chi connectivity index (χ0n) is 7.09. The molecule has 11 heavy (non-hydrogen) atoms. The normalized spacial score (nSPS) is 13.5. The Hall–Kier alpha value is -0.130. The molecule has 0 rings (SSSR count). The number of rotatable bonds is 3. The van der Waals surface area contributed by atoms with E-state index in [1.54, 1.807) is 0 Å². The standard InChI is InChI=1S/C6H15NO3S/c1-6(2,3)4-5-11(9,10)7-8/h7-8H,4-5H2,1-3H3. The van der Waals surface area contributed by atoms with Crippen molar-refractivity contribution in [3.63, 3.8) is 0 Å². The van der Waals surface area contributed by atoms with E-state index in [0.29, 0.717) is 6.42 Å². The van der Waals surface area contributed by atoms with Gasteiger partial charge in [-0.2, -0.15) is 0 Å². The fourth-order valence-electron chi connectivity index (χ4n) is 0.486. The van der Waals surface area contributed by atoms with Gasteiger partial charge in [-0.25, -0.2) is 8.42 Å². The SMILES string of the molecule is CC(C)(C)CCS(=O)(=O)NO. The predicted octanol–water partition coefficient (Wildman–Crippen LogP) is 0.731. The Balaban J connectivity index is 3.91. The molecule has 0 atom stereocenters. The third-order valence-electron chi connectivity index (χ3n) is 1.26. The molecule has 0 unspecified atom stereocenters. The summed E-state index contributed by atoms with van der Waals surface area (Å²) in [6.07, 6.45) is 0.531. The minimum Gasteiger partial charge on any atom is -0.302 e. The van der Waals surface area contributed by atoms with Gasteiger partial charge in [0.2, 0.25) is 10.0 Å². The maximum atomic E-state index is 10.7. The lowest BCUT2D eigenvalue weighted by Gasteiger charge is -2.16. The first-order chi connectivity index (χ1) is 4.77. The van der Waals surface area contributed by atoms with Crippen LogP contribution in [0.1, 0.15) is 27.2 Å². The van der Waals surface area contributed by atoms with Gasteiger partial charge >= 0.3 is 0 Å². The summed E-state index contributed by atoms with van der Waals surface area (Å²) in [6.45, 7) is 5.83. The summed E-state index contributed by atoms with van der Waals surface area (Å²) in [5.41, 5.74) is -0.0239. The Bertz CT molecular complexity index is 202. The number of hydrogen-bond donors (Lipinski definition) is 2. The van der Waals surface area contributed by atoms with Crippen LogP contribution in [0.4, 0.5) is 0 Å². The Kier molecular flexibility index (Phi) is 3.47. The van der Waals surface area contributed by atoms with Crippen LogP contribution in [-0.4, -0.2) is 19.4 Å². The Morgan fingerprint density at radius 2 is 1.82 bits per heavy atom. The summed E-state index contributed by atoms with van der Waals surface area (Å²) >= 11 is 0. The van der Waals surface area contributed by atoms with Crippen LogP contribution in [0.15, 0.2) is 0 Å². The molecule has 0 aliphatic rings. The molecule has 0 radical (unpaired) electrons. The van der Waals surface area contributed by atoms with Crippen molar-refractivity contribution < 1.29 is 13.6 Å². The topological polar surface area (TPSA) is 66.4 Å². The lowest BCUT2D eigenvalue weighted by atomic mass is 9.94. The molecule has 68 valence electrons. The third kappa shape index (κ3) is 6.28. The van der Waals surface area contributed by atoms with Crippen LogP contribution < -0.4 is 4.89 Å². The van der Waals surface area contributed by atoms with Crippen molar-refractivity contribution in [1.82, 2.24) is 4.89 Å². The largest absolute Gasteiger partial charge is 0.302 e. The van der Waals surface area contributed by atoms with Crippen molar-refractivity contribution >= 4 is 10.0 Å². The predicted molar refractivity (Wildman–Crippen MR) is 42.8 cm³/mol. The van der Waals surface area contributed by atoms with Crippen LogP contribution in [0.2, 0.25) is 0 Å². The molecule has 0 fully saturated rings. The van der Waals surface area contributed by atoms with E-state index in [0.717, 1.165) is 0 Å². The average Bonchev–Trinajstić information content (AvgIpc) is 1.83. The van der Waals surface area contributed by atoms with Crippen molar-refractivity contribution in [3.05, 3.63) is 0 Å². The molecule has 5 heteroatoms. The van der Waals surface area contributed by atoms with Gasteiger partial charge in [0.15, 0.2) is 0 Å². The van der Waals surface area contributed by atoms with E-state index >= 15 is 0 Å². The van der Waals surface area contributed by atoms with Crippen LogP contribution in [0.5, 0.6) is 0 Å². The summed E-state index contributed by atoms with van der Waals surface area (Å²) in [5, 5.41) is 8.15. The highest BCUT2D eigenvalue weighted by molar-refractivity contribution is 7.89. The number of sulfonamides is 1. The Morgan fingerprint density at radius 3 is 2.09 bits per heavy atom. The van der Waals surface area contributed by atoms with Gasteiger partial charge in [0.25, 0.3) is 0 Å². The van der Waals surface area contributed by atoms with E-state index in [1.807, 2.05) is 20.8 Å². The van der Waals surface area contributed by atoms with Crippen LogP contribution in [-0.2, 0) is 10.0 Å². The van der Waals surface area contributed by atoms with Crippen molar-refractivity contribution in [3.8, 4) is 0 Å². The maximum Gasteiger partial charge on any atom is 0.233 e. The van der Waals surface area contributed by atoms with E-state index < -0.39 is 10.0 Å². The summed E-state index contributed by atoms with van der Waals surface area (Å²) in [7, 11) is -3.45. The first-order valence-electron chi connectivity index (χ1n) is 3.40. The molecule has 0 saturated carbocycles. The number of hydrogen-bond acceptors (Lipinski definition) is 3. The minimum absolute atomic E-state index is 0.0239. The molecule has 2 N–H and O–H groups in total. The van der Waals surface area contributed by atoms with Gasteiger partial charge in [0, 0.05) is 0 Å². The smallest absolute Gasteiger partial charge is 0.233 e. The lowest BCUT2D eigenvalue weighted by molar-refractivity contribution is 0.241. The van der Waals surface area contributed by atoms with Crippen molar-refractivity contribution in [1.29, 1.82) is 0 Å². The zero-order valence-corrected chi connectivity index (χ0v) is 7.90. The van der Waals surface area contributed by atoms with Crippen LogP contribution in [0.25, 0.3) is 0 Å². The maximum absolute atomic E-state index is 10.7. The van der Waals surface area contributed by atoms with E-state index in [1.165, 1.54) is 4.89 Å². The summed E-state index contributed by atoms with van der Waals surface area (Å²) in [4.78, 5) is 1.29. The van der Waals surface area contributed by atoms with Gasteiger partial charge in [-0.15, -0.1) is 0 Å². The molecular weight excluding hydrogens is 166 g/mol. The molecule has 0 aromatic heterocycles. The summed E-state index contributed by atoms with van der Waals surface area (Å²) in [6, 6.07) is 0. The molecule has 0 saturated heterocycles. The second kappa shape index (κ2) is 3.51. The van der Waals surface area contributed by atoms with Crippen LogP contribution >= 0.6 is 0 Å². The van der Waals surface area contributed by atoms with E-state index in [2.05, 4.69) is 0 Å². The average molecular weight is 181 g/mol. The van der Waals surface area contributed by atoms with E-state index in [-0.39, 0.29) is 11.2 Å². The monoisotopic (exact) mass is 181 g/mol. The second-order valence-corrected chi connectivity index (χ2v) is 5.54. The highest BCUT2D eigenvalue weighted by Crippen LogP contribution is 2.18. The van der Waals surface area contributed by atoms with E-state index in [9.17, 15) is 8.42 Å². The van der Waals surface area contributed by atoms with Crippen molar-refractivity contribution in [2.24, 2.45) is 5.41 Å².